The lowest BCUT2D eigenvalue weighted by molar-refractivity contribution is -0.116. The van der Waals surface area contributed by atoms with E-state index in [0.717, 1.165) is 42.5 Å². The molecule has 0 aliphatic carbocycles. The minimum absolute atomic E-state index is 0.00631. The Bertz CT molecular complexity index is 804. The van der Waals surface area contributed by atoms with Crippen molar-refractivity contribution in [1.29, 1.82) is 0 Å². The molecule has 0 fully saturated rings. The number of unbranched alkanes of at least 4 members (excludes halogenated alkanes) is 3. The van der Waals surface area contributed by atoms with E-state index in [9.17, 15) is 9.59 Å². The fraction of sp³-hybridized carbons (Fsp3) is 0.318. The van der Waals surface area contributed by atoms with E-state index >= 15 is 0 Å². The summed E-state index contributed by atoms with van der Waals surface area (Å²) in [7, 11) is 1.50. The summed E-state index contributed by atoms with van der Waals surface area (Å²) in [6.07, 6.45) is 4.14. The van der Waals surface area contributed by atoms with Crippen molar-refractivity contribution in [2.45, 2.75) is 38.5 Å². The number of hydrogen-bond donors (Lipinski definition) is 3. The Morgan fingerprint density at radius 1 is 0.893 bits per heavy atom. The highest BCUT2D eigenvalue weighted by Gasteiger charge is 2.09. The number of amides is 2. The van der Waals surface area contributed by atoms with Gasteiger partial charge in [-0.05, 0) is 42.5 Å². The lowest BCUT2D eigenvalue weighted by Gasteiger charge is -2.08. The van der Waals surface area contributed by atoms with E-state index in [0.29, 0.717) is 12.8 Å². The molecule has 2 aromatic carbocycles. The maximum absolute atomic E-state index is 12.2. The summed E-state index contributed by atoms with van der Waals surface area (Å²) in [5.74, 6) is -0.368. The third-order valence-corrected chi connectivity index (χ3v) is 4.43. The molecular formula is C22H27N3O3. The van der Waals surface area contributed by atoms with Crippen molar-refractivity contribution in [3.8, 4) is 11.1 Å². The van der Waals surface area contributed by atoms with Crippen LogP contribution in [0.2, 0.25) is 0 Å². The summed E-state index contributed by atoms with van der Waals surface area (Å²) < 4.78 is 0. The van der Waals surface area contributed by atoms with Crippen LogP contribution in [0.3, 0.4) is 0 Å². The summed E-state index contributed by atoms with van der Waals surface area (Å²) in [6, 6.07) is 17.9. The van der Waals surface area contributed by atoms with Gasteiger partial charge in [-0.1, -0.05) is 60.5 Å². The predicted molar refractivity (Wildman–Crippen MR) is 111 cm³/mol. The molecule has 0 atom stereocenters. The van der Waals surface area contributed by atoms with Gasteiger partial charge >= 0.3 is 0 Å². The van der Waals surface area contributed by atoms with Crippen LogP contribution in [0.25, 0.3) is 11.1 Å². The summed E-state index contributed by atoms with van der Waals surface area (Å²) >= 11 is 0. The molecule has 0 spiro atoms. The maximum Gasteiger partial charge on any atom is 0.268 e. The molecule has 6 heteroatoms. The van der Waals surface area contributed by atoms with Gasteiger partial charge in [0.05, 0.1) is 0 Å². The second-order valence-electron chi connectivity index (χ2n) is 6.54. The van der Waals surface area contributed by atoms with Crippen LogP contribution in [0.15, 0.2) is 59.8 Å². The highest BCUT2D eigenvalue weighted by Crippen LogP contribution is 2.22. The molecule has 28 heavy (non-hydrogen) atoms. The lowest BCUT2D eigenvalue weighted by atomic mass is 10.1. The van der Waals surface area contributed by atoms with E-state index in [2.05, 4.69) is 15.8 Å². The number of benzene rings is 2. The number of rotatable bonds is 10. The van der Waals surface area contributed by atoms with Gasteiger partial charge in [0.25, 0.3) is 5.91 Å². The molecule has 2 amide bonds. The molecule has 0 unspecified atom stereocenters. The van der Waals surface area contributed by atoms with Gasteiger partial charge in [-0.25, -0.2) is 0 Å². The minimum Gasteiger partial charge on any atom is -0.410 e. The summed E-state index contributed by atoms with van der Waals surface area (Å²) in [6.45, 7) is 0. The Labute approximate surface area is 165 Å². The monoisotopic (exact) mass is 381 g/mol. The van der Waals surface area contributed by atoms with Crippen LogP contribution in [0, 0.1) is 0 Å². The van der Waals surface area contributed by atoms with Crippen molar-refractivity contribution in [3.63, 3.8) is 0 Å². The number of anilines is 1. The third kappa shape index (κ3) is 6.87. The topological polar surface area (TPSA) is 90.8 Å². The van der Waals surface area contributed by atoms with Crippen LogP contribution >= 0.6 is 0 Å². The number of oxime groups is 1. The Morgan fingerprint density at radius 2 is 1.57 bits per heavy atom. The van der Waals surface area contributed by atoms with Gasteiger partial charge in [-0.3, -0.25) is 9.59 Å². The first-order chi connectivity index (χ1) is 13.6. The molecule has 3 N–H and O–H groups in total. The highest BCUT2D eigenvalue weighted by molar-refractivity contribution is 6.38. The smallest absolute Gasteiger partial charge is 0.268 e. The van der Waals surface area contributed by atoms with Crippen molar-refractivity contribution in [2.75, 3.05) is 12.4 Å². The molecule has 2 aromatic rings. The minimum atomic E-state index is -0.361. The Balaban J connectivity index is 1.70. The fourth-order valence-corrected chi connectivity index (χ4v) is 2.92. The second-order valence-corrected chi connectivity index (χ2v) is 6.54. The van der Waals surface area contributed by atoms with Gasteiger partial charge in [0.2, 0.25) is 5.91 Å². The highest BCUT2D eigenvalue weighted by atomic mass is 16.4. The fourth-order valence-electron chi connectivity index (χ4n) is 2.92. The number of nitrogens with one attached hydrogen (secondary N) is 2. The molecule has 0 aliphatic rings. The van der Waals surface area contributed by atoms with E-state index in [4.69, 9.17) is 5.21 Å². The molecule has 0 saturated carbocycles. The third-order valence-electron chi connectivity index (χ3n) is 4.43. The molecule has 0 aliphatic heterocycles. The number of hydrogen-bond acceptors (Lipinski definition) is 4. The molecule has 6 nitrogen and oxygen atoms in total. The molecule has 0 bridgehead atoms. The first-order valence-electron chi connectivity index (χ1n) is 9.52. The maximum atomic E-state index is 12.2. The van der Waals surface area contributed by atoms with Crippen LogP contribution in [-0.4, -0.2) is 29.8 Å². The van der Waals surface area contributed by atoms with E-state index < -0.39 is 0 Å². The Kier molecular flexibility index (Phi) is 8.72. The summed E-state index contributed by atoms with van der Waals surface area (Å²) in [5, 5.41) is 17.2. The number of carbonyl (C=O) groups is 2. The van der Waals surface area contributed by atoms with E-state index in [1.54, 1.807) is 0 Å². The molecule has 0 radical (unpaired) electrons. The van der Waals surface area contributed by atoms with Crippen LogP contribution in [-0.2, 0) is 9.59 Å². The van der Waals surface area contributed by atoms with Gasteiger partial charge in [0, 0.05) is 19.2 Å². The standard InChI is InChI=1S/C22H27N3O3/c1-23-22(27)20(25-28)14-7-2-3-8-15-21(26)24-19-13-9-12-18(16-19)17-10-5-4-6-11-17/h4-6,9-13,16,28H,2-3,7-8,14-15H2,1H3,(H,23,27)(H,24,26)/b25-20+. The first kappa shape index (κ1) is 21.2. The van der Waals surface area contributed by atoms with Crippen LogP contribution in [0.5, 0.6) is 0 Å². The normalized spacial score (nSPS) is 11.1. The van der Waals surface area contributed by atoms with Crippen molar-refractivity contribution >= 4 is 23.2 Å². The average Bonchev–Trinajstić information content (AvgIpc) is 2.73. The van der Waals surface area contributed by atoms with Gasteiger partial charge in [-0.2, -0.15) is 0 Å². The number of carbonyl (C=O) groups excluding carboxylic acids is 2. The van der Waals surface area contributed by atoms with Crippen LogP contribution < -0.4 is 10.6 Å². The zero-order valence-electron chi connectivity index (χ0n) is 16.1. The van der Waals surface area contributed by atoms with Gasteiger partial charge in [-0.15, -0.1) is 0 Å². The van der Waals surface area contributed by atoms with Crippen LogP contribution in [0.4, 0.5) is 5.69 Å². The quantitative estimate of drug-likeness (QED) is 0.249. The molecule has 2 rings (SSSR count). The molecular weight excluding hydrogens is 354 g/mol. The second kappa shape index (κ2) is 11.5. The number of nitrogens with zero attached hydrogens (tertiary/aromatic N) is 1. The van der Waals surface area contributed by atoms with Gasteiger partial charge in [0.15, 0.2) is 0 Å². The SMILES string of the molecule is CNC(=O)/C(CCCCCCC(=O)Nc1cccc(-c2ccccc2)c1)=N/O. The molecule has 0 aromatic heterocycles. The van der Waals surface area contributed by atoms with Crippen molar-refractivity contribution in [1.82, 2.24) is 5.32 Å². The average molecular weight is 381 g/mol. The van der Waals surface area contributed by atoms with Crippen molar-refractivity contribution < 1.29 is 14.8 Å². The van der Waals surface area contributed by atoms with E-state index in [1.165, 1.54) is 7.05 Å². The zero-order chi connectivity index (χ0) is 20.2. The van der Waals surface area contributed by atoms with Crippen molar-refractivity contribution in [3.05, 3.63) is 54.6 Å². The summed E-state index contributed by atoms with van der Waals surface area (Å²) in [4.78, 5) is 23.5. The molecule has 0 saturated heterocycles. The van der Waals surface area contributed by atoms with Gasteiger partial charge in [0.1, 0.15) is 5.71 Å². The molecule has 148 valence electrons. The first-order valence-corrected chi connectivity index (χ1v) is 9.52. The molecule has 0 heterocycles. The predicted octanol–water partition coefficient (Wildman–Crippen LogP) is 4.21. The van der Waals surface area contributed by atoms with Gasteiger partial charge < -0.3 is 15.8 Å². The Hall–Kier alpha value is -3.15. The zero-order valence-corrected chi connectivity index (χ0v) is 16.1. The van der Waals surface area contributed by atoms with Crippen LogP contribution in [0.1, 0.15) is 38.5 Å². The van der Waals surface area contributed by atoms with E-state index in [1.807, 2.05) is 54.6 Å². The largest absolute Gasteiger partial charge is 0.410 e. The van der Waals surface area contributed by atoms with E-state index in [-0.39, 0.29) is 17.5 Å². The van der Waals surface area contributed by atoms with Crippen molar-refractivity contribution in [2.24, 2.45) is 5.16 Å². The summed E-state index contributed by atoms with van der Waals surface area (Å²) in [5.41, 5.74) is 3.11. The lowest BCUT2D eigenvalue weighted by Crippen LogP contribution is -2.27. The Morgan fingerprint density at radius 3 is 2.25 bits per heavy atom.